The molecule has 0 atom stereocenters. The van der Waals surface area contributed by atoms with Crippen LogP contribution in [0.3, 0.4) is 0 Å². The van der Waals surface area contributed by atoms with Gasteiger partial charge in [0.05, 0.1) is 13.5 Å². The Morgan fingerprint density at radius 3 is 2.32 bits per heavy atom. The first-order valence-electron chi connectivity index (χ1n) is 5.86. The number of ether oxygens (including phenoxy) is 1. The minimum absolute atomic E-state index is 0.0347. The molecule has 3 nitrogen and oxygen atoms in total. The van der Waals surface area contributed by atoms with Gasteiger partial charge in [0.2, 0.25) is 5.91 Å². The number of methoxy groups -OCH3 is 1. The molecule has 0 fully saturated rings. The number of anilines is 1. The van der Waals surface area contributed by atoms with Crippen LogP contribution in [0.5, 0.6) is 5.75 Å². The summed E-state index contributed by atoms with van der Waals surface area (Å²) in [5, 5.41) is 2.86. The van der Waals surface area contributed by atoms with Crippen molar-refractivity contribution in [3.63, 3.8) is 0 Å². The third kappa shape index (κ3) is 4.10. The molecule has 1 N–H and O–H groups in total. The maximum atomic E-state index is 11.9. The Morgan fingerprint density at radius 1 is 1.11 bits per heavy atom. The van der Waals surface area contributed by atoms with Crippen molar-refractivity contribution in [1.29, 1.82) is 0 Å². The van der Waals surface area contributed by atoms with Crippen LogP contribution in [0, 0.1) is 0 Å². The van der Waals surface area contributed by atoms with E-state index in [2.05, 4.69) is 21.2 Å². The molecule has 0 aliphatic carbocycles. The predicted octanol–water partition coefficient (Wildman–Crippen LogP) is 3.64. The number of rotatable bonds is 4. The second-order valence-electron chi connectivity index (χ2n) is 4.08. The summed E-state index contributed by atoms with van der Waals surface area (Å²) in [6.45, 7) is 0. The molecule has 0 saturated heterocycles. The van der Waals surface area contributed by atoms with Crippen LogP contribution >= 0.6 is 15.9 Å². The van der Waals surface area contributed by atoms with Gasteiger partial charge < -0.3 is 10.1 Å². The highest BCUT2D eigenvalue weighted by Crippen LogP contribution is 2.15. The summed E-state index contributed by atoms with van der Waals surface area (Å²) in [4.78, 5) is 11.9. The Morgan fingerprint density at radius 2 is 1.74 bits per heavy atom. The van der Waals surface area contributed by atoms with Gasteiger partial charge in [-0.15, -0.1) is 0 Å². The number of carbonyl (C=O) groups is 1. The average Bonchev–Trinajstić information content (AvgIpc) is 2.42. The van der Waals surface area contributed by atoms with Gasteiger partial charge in [0.15, 0.2) is 0 Å². The molecule has 0 aliphatic rings. The Kier molecular flexibility index (Phi) is 4.58. The fourth-order valence-corrected chi connectivity index (χ4v) is 1.93. The van der Waals surface area contributed by atoms with Crippen LogP contribution in [0.2, 0.25) is 0 Å². The average molecular weight is 320 g/mol. The minimum Gasteiger partial charge on any atom is -0.497 e. The van der Waals surface area contributed by atoms with Gasteiger partial charge in [-0.2, -0.15) is 0 Å². The third-order valence-corrected chi connectivity index (χ3v) is 3.18. The fourth-order valence-electron chi connectivity index (χ4n) is 1.67. The highest BCUT2D eigenvalue weighted by molar-refractivity contribution is 9.10. The summed E-state index contributed by atoms with van der Waals surface area (Å²) in [5.41, 5.74) is 1.75. The van der Waals surface area contributed by atoms with Crippen LogP contribution in [0.15, 0.2) is 53.0 Å². The number of benzene rings is 2. The van der Waals surface area contributed by atoms with Crippen molar-refractivity contribution in [3.05, 3.63) is 58.6 Å². The normalized spacial score (nSPS) is 10.0. The molecule has 2 rings (SSSR count). The summed E-state index contributed by atoms with van der Waals surface area (Å²) < 4.78 is 6.06. The van der Waals surface area contributed by atoms with Crippen LogP contribution < -0.4 is 10.1 Å². The molecule has 0 radical (unpaired) electrons. The van der Waals surface area contributed by atoms with E-state index >= 15 is 0 Å². The lowest BCUT2D eigenvalue weighted by Crippen LogP contribution is -2.14. The molecule has 1 amide bonds. The van der Waals surface area contributed by atoms with E-state index in [0.717, 1.165) is 21.5 Å². The van der Waals surface area contributed by atoms with Crippen LogP contribution in [0.25, 0.3) is 0 Å². The number of nitrogens with one attached hydrogen (secondary N) is 1. The second-order valence-corrected chi connectivity index (χ2v) is 5.00. The van der Waals surface area contributed by atoms with Crippen molar-refractivity contribution in [3.8, 4) is 5.75 Å². The van der Waals surface area contributed by atoms with E-state index < -0.39 is 0 Å². The predicted molar refractivity (Wildman–Crippen MR) is 79.5 cm³/mol. The molecule has 19 heavy (non-hydrogen) atoms. The zero-order chi connectivity index (χ0) is 13.7. The maximum absolute atomic E-state index is 11.9. The summed E-state index contributed by atoms with van der Waals surface area (Å²) in [7, 11) is 1.62. The van der Waals surface area contributed by atoms with Gasteiger partial charge in [0, 0.05) is 10.2 Å². The first-order valence-corrected chi connectivity index (χ1v) is 6.65. The van der Waals surface area contributed by atoms with Gasteiger partial charge in [-0.05, 0) is 42.0 Å². The van der Waals surface area contributed by atoms with E-state index in [9.17, 15) is 4.79 Å². The van der Waals surface area contributed by atoms with Crippen molar-refractivity contribution in [2.75, 3.05) is 12.4 Å². The lowest BCUT2D eigenvalue weighted by Gasteiger charge is -2.06. The fraction of sp³-hybridized carbons (Fsp3) is 0.133. The Hall–Kier alpha value is -1.81. The van der Waals surface area contributed by atoms with Crippen LogP contribution in [-0.2, 0) is 11.2 Å². The van der Waals surface area contributed by atoms with E-state index in [0.29, 0.717) is 6.42 Å². The molecular formula is C15H14BrNO2. The number of hydrogen-bond donors (Lipinski definition) is 1. The second kappa shape index (κ2) is 6.38. The zero-order valence-electron chi connectivity index (χ0n) is 10.5. The van der Waals surface area contributed by atoms with E-state index in [1.807, 2.05) is 48.5 Å². The molecule has 0 spiro atoms. The molecule has 0 bridgehead atoms. The molecule has 0 heterocycles. The molecule has 0 aliphatic heterocycles. The van der Waals surface area contributed by atoms with Gasteiger partial charge in [0.1, 0.15) is 5.75 Å². The Labute approximate surface area is 120 Å². The van der Waals surface area contributed by atoms with Crippen LogP contribution in [0.4, 0.5) is 5.69 Å². The van der Waals surface area contributed by atoms with Gasteiger partial charge in [-0.1, -0.05) is 28.1 Å². The molecule has 98 valence electrons. The number of amides is 1. The summed E-state index contributed by atoms with van der Waals surface area (Å²) >= 11 is 3.35. The third-order valence-electron chi connectivity index (χ3n) is 2.65. The lowest BCUT2D eigenvalue weighted by atomic mass is 10.1. The topological polar surface area (TPSA) is 38.3 Å². The molecule has 0 saturated carbocycles. The van der Waals surface area contributed by atoms with Crippen LogP contribution in [0.1, 0.15) is 5.56 Å². The van der Waals surface area contributed by atoms with E-state index in [4.69, 9.17) is 4.74 Å². The van der Waals surface area contributed by atoms with Crippen LogP contribution in [-0.4, -0.2) is 13.0 Å². The molecule has 2 aromatic carbocycles. The molecule has 2 aromatic rings. The molecule has 4 heteroatoms. The van der Waals surface area contributed by atoms with E-state index in [-0.39, 0.29) is 5.91 Å². The monoisotopic (exact) mass is 319 g/mol. The standard InChI is InChI=1S/C15H14BrNO2/c1-19-14-8-2-11(3-9-14)10-15(18)17-13-6-4-12(16)5-7-13/h2-9H,10H2,1H3,(H,17,18). The van der Waals surface area contributed by atoms with Crippen molar-refractivity contribution in [2.45, 2.75) is 6.42 Å². The quantitative estimate of drug-likeness (QED) is 0.934. The van der Waals surface area contributed by atoms with Crippen molar-refractivity contribution >= 4 is 27.5 Å². The lowest BCUT2D eigenvalue weighted by molar-refractivity contribution is -0.115. The smallest absolute Gasteiger partial charge is 0.228 e. The Balaban J connectivity index is 1.95. The largest absolute Gasteiger partial charge is 0.497 e. The summed E-state index contributed by atoms with van der Waals surface area (Å²) in [6.07, 6.45) is 0.347. The Bertz CT molecular complexity index is 549. The van der Waals surface area contributed by atoms with Crippen molar-refractivity contribution in [1.82, 2.24) is 0 Å². The number of hydrogen-bond acceptors (Lipinski definition) is 2. The van der Waals surface area contributed by atoms with Gasteiger partial charge in [-0.25, -0.2) is 0 Å². The van der Waals surface area contributed by atoms with Crippen molar-refractivity contribution in [2.24, 2.45) is 0 Å². The van der Waals surface area contributed by atoms with Gasteiger partial charge in [-0.3, -0.25) is 4.79 Å². The molecule has 0 aromatic heterocycles. The SMILES string of the molecule is COc1ccc(CC(=O)Nc2ccc(Br)cc2)cc1. The molecule has 0 unspecified atom stereocenters. The number of halogens is 1. The zero-order valence-corrected chi connectivity index (χ0v) is 12.1. The van der Waals surface area contributed by atoms with Gasteiger partial charge >= 0.3 is 0 Å². The number of carbonyl (C=O) groups excluding carboxylic acids is 1. The first kappa shape index (κ1) is 13.6. The molecular weight excluding hydrogens is 306 g/mol. The first-order chi connectivity index (χ1) is 9.17. The summed E-state index contributed by atoms with van der Waals surface area (Å²) in [5.74, 6) is 0.754. The minimum atomic E-state index is -0.0347. The van der Waals surface area contributed by atoms with E-state index in [1.165, 1.54) is 0 Å². The highest BCUT2D eigenvalue weighted by atomic mass is 79.9. The van der Waals surface area contributed by atoms with Crippen molar-refractivity contribution < 1.29 is 9.53 Å². The van der Waals surface area contributed by atoms with Gasteiger partial charge in [0.25, 0.3) is 0 Å². The van der Waals surface area contributed by atoms with E-state index in [1.54, 1.807) is 7.11 Å². The highest BCUT2D eigenvalue weighted by Gasteiger charge is 2.04. The summed E-state index contributed by atoms with van der Waals surface area (Å²) in [6, 6.07) is 15.0. The maximum Gasteiger partial charge on any atom is 0.228 e.